The highest BCUT2D eigenvalue weighted by atomic mass is 79.9. The molecular formula is C15H18BrNO. The first-order valence-electron chi connectivity index (χ1n) is 6.04. The summed E-state index contributed by atoms with van der Waals surface area (Å²) in [5.74, 6) is 0.871. The van der Waals surface area contributed by atoms with Crippen molar-refractivity contribution in [3.05, 3.63) is 40.9 Å². The first kappa shape index (κ1) is 13.4. The van der Waals surface area contributed by atoms with E-state index in [0.717, 1.165) is 10.2 Å². The van der Waals surface area contributed by atoms with Crippen molar-refractivity contribution in [3.8, 4) is 5.75 Å². The fraction of sp³-hybridized carbons (Fsp3) is 0.333. The van der Waals surface area contributed by atoms with Gasteiger partial charge in [-0.3, -0.25) is 0 Å². The molecule has 0 fully saturated rings. The monoisotopic (exact) mass is 307 g/mol. The molecule has 0 aromatic heterocycles. The molecule has 0 aliphatic carbocycles. The van der Waals surface area contributed by atoms with Crippen molar-refractivity contribution < 1.29 is 4.74 Å². The summed E-state index contributed by atoms with van der Waals surface area (Å²) in [5, 5.41) is 2.37. The molecule has 2 N–H and O–H groups in total. The maximum absolute atomic E-state index is 5.87. The Morgan fingerprint density at radius 3 is 2.61 bits per heavy atom. The van der Waals surface area contributed by atoms with Gasteiger partial charge < -0.3 is 10.5 Å². The van der Waals surface area contributed by atoms with E-state index in [1.807, 2.05) is 18.2 Å². The molecule has 0 heterocycles. The van der Waals surface area contributed by atoms with Crippen LogP contribution in [0.25, 0.3) is 10.8 Å². The molecule has 2 aromatic carbocycles. The average molecular weight is 308 g/mol. The van der Waals surface area contributed by atoms with Crippen LogP contribution in [0.15, 0.2) is 40.9 Å². The van der Waals surface area contributed by atoms with E-state index in [0.29, 0.717) is 13.2 Å². The molecule has 0 saturated heterocycles. The van der Waals surface area contributed by atoms with Gasteiger partial charge in [0.2, 0.25) is 0 Å². The predicted octanol–water partition coefficient (Wildman–Crippen LogP) is 3.97. The lowest BCUT2D eigenvalue weighted by Gasteiger charge is -2.23. The highest BCUT2D eigenvalue weighted by molar-refractivity contribution is 9.10. The summed E-state index contributed by atoms with van der Waals surface area (Å²) in [4.78, 5) is 0. The average Bonchev–Trinajstić information content (AvgIpc) is 2.38. The van der Waals surface area contributed by atoms with Crippen molar-refractivity contribution in [2.24, 2.45) is 11.1 Å². The highest BCUT2D eigenvalue weighted by Crippen LogP contribution is 2.33. The molecule has 0 atom stereocenters. The van der Waals surface area contributed by atoms with Gasteiger partial charge in [-0.2, -0.15) is 0 Å². The number of hydrogen-bond donors (Lipinski definition) is 1. The van der Waals surface area contributed by atoms with Crippen LogP contribution in [-0.4, -0.2) is 13.2 Å². The smallest absolute Gasteiger partial charge is 0.134 e. The van der Waals surface area contributed by atoms with Crippen molar-refractivity contribution in [2.75, 3.05) is 13.2 Å². The van der Waals surface area contributed by atoms with Gasteiger partial charge in [0.05, 0.1) is 11.1 Å². The molecule has 18 heavy (non-hydrogen) atoms. The lowest BCUT2D eigenvalue weighted by Crippen LogP contribution is -2.30. The van der Waals surface area contributed by atoms with E-state index < -0.39 is 0 Å². The second kappa shape index (κ2) is 5.29. The molecule has 3 heteroatoms. The molecule has 2 rings (SSSR count). The maximum atomic E-state index is 5.87. The zero-order valence-electron chi connectivity index (χ0n) is 10.7. The Kier molecular flexibility index (Phi) is 3.93. The summed E-state index contributed by atoms with van der Waals surface area (Å²) in [7, 11) is 0. The van der Waals surface area contributed by atoms with Crippen LogP contribution in [0, 0.1) is 5.41 Å². The number of rotatable bonds is 4. The van der Waals surface area contributed by atoms with Crippen LogP contribution in [-0.2, 0) is 0 Å². The van der Waals surface area contributed by atoms with E-state index in [2.05, 4.69) is 48.0 Å². The molecular weight excluding hydrogens is 290 g/mol. The van der Waals surface area contributed by atoms with Crippen molar-refractivity contribution >= 4 is 26.7 Å². The van der Waals surface area contributed by atoms with Crippen LogP contribution in [0.4, 0.5) is 0 Å². The maximum Gasteiger partial charge on any atom is 0.134 e. The molecule has 2 nitrogen and oxygen atoms in total. The quantitative estimate of drug-likeness (QED) is 0.927. The molecule has 0 spiro atoms. The van der Waals surface area contributed by atoms with E-state index in [-0.39, 0.29) is 5.41 Å². The normalized spacial score (nSPS) is 11.8. The molecule has 0 unspecified atom stereocenters. The third kappa shape index (κ3) is 2.85. The minimum Gasteiger partial charge on any atom is -0.492 e. The lowest BCUT2D eigenvalue weighted by atomic mass is 9.95. The van der Waals surface area contributed by atoms with Gasteiger partial charge in [-0.25, -0.2) is 0 Å². The molecule has 0 amide bonds. The third-order valence-corrected chi connectivity index (χ3v) is 3.82. The number of benzene rings is 2. The van der Waals surface area contributed by atoms with Gasteiger partial charge in [0.1, 0.15) is 5.75 Å². The van der Waals surface area contributed by atoms with Crippen LogP contribution in [0.2, 0.25) is 0 Å². The molecule has 96 valence electrons. The van der Waals surface area contributed by atoms with E-state index in [1.165, 1.54) is 10.8 Å². The Labute approximate surface area is 116 Å². The molecule has 0 saturated carbocycles. The summed E-state index contributed by atoms with van der Waals surface area (Å²) in [5.41, 5.74) is 5.70. The Morgan fingerprint density at radius 1 is 1.17 bits per heavy atom. The van der Waals surface area contributed by atoms with Crippen LogP contribution in [0.3, 0.4) is 0 Å². The summed E-state index contributed by atoms with van der Waals surface area (Å²) in [6.45, 7) is 5.42. The van der Waals surface area contributed by atoms with Gasteiger partial charge >= 0.3 is 0 Å². The Balaban J connectivity index is 2.27. The van der Waals surface area contributed by atoms with Crippen molar-refractivity contribution in [1.82, 2.24) is 0 Å². The minimum atomic E-state index is -0.00884. The summed E-state index contributed by atoms with van der Waals surface area (Å²) < 4.78 is 6.88. The number of ether oxygens (including phenoxy) is 1. The van der Waals surface area contributed by atoms with Gasteiger partial charge in [-0.1, -0.05) is 44.2 Å². The Bertz CT molecular complexity index is 551. The van der Waals surface area contributed by atoms with Crippen molar-refractivity contribution in [3.63, 3.8) is 0 Å². The van der Waals surface area contributed by atoms with Gasteiger partial charge in [0.15, 0.2) is 0 Å². The molecule has 0 aliphatic rings. The topological polar surface area (TPSA) is 35.2 Å². The standard InChI is InChI=1S/C15H18BrNO/c1-15(2,9-17)10-18-13-8-7-11-5-3-4-6-12(11)14(13)16/h3-8H,9-10,17H2,1-2H3. The fourth-order valence-electron chi connectivity index (χ4n) is 1.66. The lowest BCUT2D eigenvalue weighted by molar-refractivity contribution is 0.186. The highest BCUT2D eigenvalue weighted by Gasteiger charge is 2.17. The largest absolute Gasteiger partial charge is 0.492 e. The SMILES string of the molecule is CC(C)(CN)COc1ccc2ccccc2c1Br. The van der Waals surface area contributed by atoms with Gasteiger partial charge in [-0.05, 0) is 32.8 Å². The van der Waals surface area contributed by atoms with Crippen LogP contribution < -0.4 is 10.5 Å². The third-order valence-electron chi connectivity index (χ3n) is 3.00. The zero-order chi connectivity index (χ0) is 13.2. The molecule has 0 radical (unpaired) electrons. The van der Waals surface area contributed by atoms with E-state index in [9.17, 15) is 0 Å². The number of halogens is 1. The van der Waals surface area contributed by atoms with Crippen LogP contribution in [0.1, 0.15) is 13.8 Å². The number of fused-ring (bicyclic) bond motifs is 1. The Hall–Kier alpha value is -1.06. The van der Waals surface area contributed by atoms with Crippen molar-refractivity contribution in [1.29, 1.82) is 0 Å². The van der Waals surface area contributed by atoms with Crippen LogP contribution in [0.5, 0.6) is 5.75 Å². The number of nitrogens with two attached hydrogens (primary N) is 1. The minimum absolute atomic E-state index is 0.00884. The Morgan fingerprint density at radius 2 is 1.89 bits per heavy atom. The van der Waals surface area contributed by atoms with Gasteiger partial charge in [0, 0.05) is 12.0 Å². The second-order valence-electron chi connectivity index (χ2n) is 5.26. The number of hydrogen-bond acceptors (Lipinski definition) is 2. The van der Waals surface area contributed by atoms with Gasteiger partial charge in [-0.15, -0.1) is 0 Å². The second-order valence-corrected chi connectivity index (χ2v) is 6.05. The van der Waals surface area contributed by atoms with Crippen LogP contribution >= 0.6 is 15.9 Å². The molecule has 0 bridgehead atoms. The van der Waals surface area contributed by atoms with E-state index >= 15 is 0 Å². The zero-order valence-corrected chi connectivity index (χ0v) is 12.3. The van der Waals surface area contributed by atoms with E-state index in [1.54, 1.807) is 0 Å². The van der Waals surface area contributed by atoms with E-state index in [4.69, 9.17) is 10.5 Å². The van der Waals surface area contributed by atoms with Gasteiger partial charge in [0.25, 0.3) is 0 Å². The first-order valence-corrected chi connectivity index (χ1v) is 6.83. The predicted molar refractivity (Wildman–Crippen MR) is 80.0 cm³/mol. The summed E-state index contributed by atoms with van der Waals surface area (Å²) in [6, 6.07) is 12.3. The molecule has 2 aromatic rings. The summed E-state index contributed by atoms with van der Waals surface area (Å²) in [6.07, 6.45) is 0. The van der Waals surface area contributed by atoms with Crippen molar-refractivity contribution in [2.45, 2.75) is 13.8 Å². The first-order chi connectivity index (χ1) is 8.53. The molecule has 0 aliphatic heterocycles. The fourth-order valence-corrected chi connectivity index (χ4v) is 2.26. The summed E-state index contributed by atoms with van der Waals surface area (Å²) >= 11 is 3.62.